The Hall–Kier alpha value is -1.26. The molecule has 0 saturated carbocycles. The average Bonchev–Trinajstić information content (AvgIpc) is 2.85. The summed E-state index contributed by atoms with van der Waals surface area (Å²) < 4.78 is 3.98. The maximum atomic E-state index is 4.21. The smallest absolute Gasteiger partial charge is 0.0928 e. The molecule has 0 saturated heterocycles. The normalized spacial score (nSPS) is 12.6. The monoisotopic (exact) mass is 275 g/mol. The number of aromatic nitrogens is 2. The third-order valence-corrected chi connectivity index (χ3v) is 3.96. The fourth-order valence-electron chi connectivity index (χ4n) is 2.59. The maximum absolute atomic E-state index is 4.21. The number of likely N-dealkylation sites (N-methyl/N-ethyl adjacent to an activating group) is 1. The van der Waals surface area contributed by atoms with Gasteiger partial charge in [-0.3, -0.25) is 0 Å². The van der Waals surface area contributed by atoms with Crippen LogP contribution in [0.15, 0.2) is 17.5 Å². The fourth-order valence-corrected chi connectivity index (χ4v) is 3.10. The van der Waals surface area contributed by atoms with E-state index in [9.17, 15) is 0 Å². The molecule has 0 fully saturated rings. The molecule has 0 spiro atoms. The second-order valence-corrected chi connectivity index (χ2v) is 5.63. The molecule has 1 aromatic carbocycles. The second-order valence-electron chi connectivity index (χ2n) is 5.02. The molecule has 0 bridgehead atoms. The predicted molar refractivity (Wildman–Crippen MR) is 80.7 cm³/mol. The lowest BCUT2D eigenvalue weighted by Gasteiger charge is -2.19. The fraction of sp³-hybridized carbons (Fsp3) is 0.467. The summed E-state index contributed by atoms with van der Waals surface area (Å²) in [5.41, 5.74) is 6.53. The lowest BCUT2D eigenvalue weighted by molar-refractivity contribution is 0.533. The SMILES string of the molecule is CCNC(Cc1c(C)cc(C)cc1C)c1csnn1. The first kappa shape index (κ1) is 14.2. The number of rotatable bonds is 5. The zero-order chi connectivity index (χ0) is 13.8. The molecule has 19 heavy (non-hydrogen) atoms. The number of benzene rings is 1. The van der Waals surface area contributed by atoms with Crippen LogP contribution in [0.1, 0.15) is 40.9 Å². The van der Waals surface area contributed by atoms with Crippen molar-refractivity contribution >= 4 is 11.5 Å². The zero-order valence-electron chi connectivity index (χ0n) is 12.0. The van der Waals surface area contributed by atoms with Gasteiger partial charge in [-0.1, -0.05) is 29.1 Å². The molecule has 1 unspecified atom stereocenters. The minimum absolute atomic E-state index is 0.254. The van der Waals surface area contributed by atoms with E-state index < -0.39 is 0 Å². The Morgan fingerprint density at radius 3 is 2.42 bits per heavy atom. The van der Waals surface area contributed by atoms with E-state index in [0.717, 1.165) is 18.7 Å². The van der Waals surface area contributed by atoms with E-state index in [-0.39, 0.29) is 6.04 Å². The van der Waals surface area contributed by atoms with Crippen LogP contribution in [0.2, 0.25) is 0 Å². The minimum atomic E-state index is 0.254. The molecular formula is C15H21N3S. The van der Waals surface area contributed by atoms with Crippen LogP contribution in [0, 0.1) is 20.8 Å². The Bertz CT molecular complexity index is 511. The quantitative estimate of drug-likeness (QED) is 0.909. The Kier molecular flexibility index (Phi) is 4.66. The predicted octanol–water partition coefficient (Wildman–Crippen LogP) is 3.36. The number of aryl methyl sites for hydroxylation is 3. The van der Waals surface area contributed by atoms with Gasteiger partial charge in [0.15, 0.2) is 0 Å². The third kappa shape index (κ3) is 3.39. The van der Waals surface area contributed by atoms with Crippen LogP contribution in [0.4, 0.5) is 0 Å². The molecule has 1 heterocycles. The average molecular weight is 275 g/mol. The molecule has 1 N–H and O–H groups in total. The molecule has 0 aliphatic heterocycles. The van der Waals surface area contributed by atoms with Gasteiger partial charge in [0.05, 0.1) is 11.7 Å². The number of hydrogen-bond donors (Lipinski definition) is 1. The summed E-state index contributed by atoms with van der Waals surface area (Å²) in [6.45, 7) is 9.60. The molecule has 0 aliphatic carbocycles. The minimum Gasteiger partial charge on any atom is -0.309 e. The molecule has 3 nitrogen and oxygen atoms in total. The second kappa shape index (κ2) is 6.26. The van der Waals surface area contributed by atoms with Crippen molar-refractivity contribution in [2.24, 2.45) is 0 Å². The van der Waals surface area contributed by atoms with Crippen LogP contribution in [0.25, 0.3) is 0 Å². The Morgan fingerprint density at radius 2 is 1.89 bits per heavy atom. The lowest BCUT2D eigenvalue weighted by atomic mass is 9.93. The van der Waals surface area contributed by atoms with Crippen molar-refractivity contribution < 1.29 is 0 Å². The van der Waals surface area contributed by atoms with Gasteiger partial charge in [-0.2, -0.15) is 0 Å². The first-order valence-corrected chi connectivity index (χ1v) is 7.52. The van der Waals surface area contributed by atoms with Crippen molar-refractivity contribution in [2.45, 2.75) is 40.2 Å². The molecular weight excluding hydrogens is 254 g/mol. The molecule has 0 radical (unpaired) electrons. The van der Waals surface area contributed by atoms with Gasteiger partial charge in [0.2, 0.25) is 0 Å². The van der Waals surface area contributed by atoms with Crippen molar-refractivity contribution in [3.05, 3.63) is 45.5 Å². The summed E-state index contributed by atoms with van der Waals surface area (Å²) in [6.07, 6.45) is 0.969. The molecule has 102 valence electrons. The van der Waals surface area contributed by atoms with Crippen molar-refractivity contribution in [3.8, 4) is 0 Å². The number of nitrogens with one attached hydrogen (secondary N) is 1. The summed E-state index contributed by atoms with van der Waals surface area (Å²) in [5, 5.41) is 9.75. The van der Waals surface area contributed by atoms with Gasteiger partial charge >= 0.3 is 0 Å². The Balaban J connectivity index is 2.27. The molecule has 2 rings (SSSR count). The summed E-state index contributed by atoms with van der Waals surface area (Å²) in [6, 6.07) is 4.76. The maximum Gasteiger partial charge on any atom is 0.0928 e. The summed E-state index contributed by atoms with van der Waals surface area (Å²) in [5.74, 6) is 0. The van der Waals surface area contributed by atoms with Crippen LogP contribution >= 0.6 is 11.5 Å². The summed E-state index contributed by atoms with van der Waals surface area (Å²) in [4.78, 5) is 0. The van der Waals surface area contributed by atoms with Crippen LogP contribution in [-0.2, 0) is 6.42 Å². The number of hydrogen-bond acceptors (Lipinski definition) is 4. The molecule has 1 aromatic heterocycles. The molecule has 0 aliphatic rings. The van der Waals surface area contributed by atoms with E-state index in [2.05, 4.69) is 54.7 Å². The highest BCUT2D eigenvalue weighted by atomic mass is 32.1. The van der Waals surface area contributed by atoms with Crippen LogP contribution < -0.4 is 5.32 Å². The lowest BCUT2D eigenvalue weighted by Crippen LogP contribution is -2.24. The van der Waals surface area contributed by atoms with Crippen LogP contribution in [0.5, 0.6) is 0 Å². The van der Waals surface area contributed by atoms with Crippen molar-refractivity contribution in [1.82, 2.24) is 14.9 Å². The van der Waals surface area contributed by atoms with Crippen molar-refractivity contribution in [2.75, 3.05) is 6.54 Å². The first-order valence-electron chi connectivity index (χ1n) is 6.69. The molecule has 4 heteroatoms. The van der Waals surface area contributed by atoms with Gasteiger partial charge in [0.1, 0.15) is 0 Å². The van der Waals surface area contributed by atoms with E-state index in [0.29, 0.717) is 0 Å². The van der Waals surface area contributed by atoms with Gasteiger partial charge in [-0.25, -0.2) is 0 Å². The largest absolute Gasteiger partial charge is 0.309 e. The molecule has 0 amide bonds. The van der Waals surface area contributed by atoms with Gasteiger partial charge in [-0.05, 0) is 62.0 Å². The van der Waals surface area contributed by atoms with Crippen LogP contribution in [-0.4, -0.2) is 16.1 Å². The highest BCUT2D eigenvalue weighted by Gasteiger charge is 2.16. The van der Waals surface area contributed by atoms with Crippen molar-refractivity contribution in [1.29, 1.82) is 0 Å². The highest BCUT2D eigenvalue weighted by Crippen LogP contribution is 2.23. The molecule has 2 aromatic rings. The first-order chi connectivity index (χ1) is 9.11. The summed E-state index contributed by atoms with van der Waals surface area (Å²) >= 11 is 1.41. The zero-order valence-corrected chi connectivity index (χ0v) is 12.8. The van der Waals surface area contributed by atoms with E-state index in [4.69, 9.17) is 0 Å². The standard InChI is InChI=1S/C15H21N3S/c1-5-16-14(15-9-19-18-17-15)8-13-11(3)6-10(2)7-12(13)4/h6-7,9,14,16H,5,8H2,1-4H3. The van der Waals surface area contributed by atoms with Gasteiger partial charge in [-0.15, -0.1) is 5.10 Å². The van der Waals surface area contributed by atoms with E-state index >= 15 is 0 Å². The van der Waals surface area contributed by atoms with Crippen LogP contribution in [0.3, 0.4) is 0 Å². The van der Waals surface area contributed by atoms with E-state index in [1.54, 1.807) is 0 Å². The highest BCUT2D eigenvalue weighted by molar-refractivity contribution is 7.03. The number of nitrogens with zero attached hydrogens (tertiary/aromatic N) is 2. The Morgan fingerprint density at radius 1 is 1.21 bits per heavy atom. The Labute approximate surface area is 119 Å². The summed E-state index contributed by atoms with van der Waals surface area (Å²) in [7, 11) is 0. The topological polar surface area (TPSA) is 37.8 Å². The van der Waals surface area contributed by atoms with Gasteiger partial charge in [0.25, 0.3) is 0 Å². The van der Waals surface area contributed by atoms with E-state index in [1.807, 2.05) is 5.38 Å². The third-order valence-electron chi connectivity index (χ3n) is 3.43. The van der Waals surface area contributed by atoms with Gasteiger partial charge in [0, 0.05) is 5.38 Å². The van der Waals surface area contributed by atoms with E-state index in [1.165, 1.54) is 33.8 Å². The molecule has 1 atom stereocenters. The van der Waals surface area contributed by atoms with Gasteiger partial charge < -0.3 is 5.32 Å². The van der Waals surface area contributed by atoms with Crippen molar-refractivity contribution in [3.63, 3.8) is 0 Å².